The Labute approximate surface area is 142 Å². The number of hydrogen-bond acceptors (Lipinski definition) is 4. The summed E-state index contributed by atoms with van der Waals surface area (Å²) >= 11 is 0. The zero-order valence-corrected chi connectivity index (χ0v) is 13.1. The number of benzene rings is 2. The van der Waals surface area contributed by atoms with E-state index in [-0.39, 0.29) is 0 Å². The van der Waals surface area contributed by atoms with Crippen LogP contribution in [0.1, 0.15) is 11.1 Å². The third kappa shape index (κ3) is 4.37. The van der Waals surface area contributed by atoms with Crippen molar-refractivity contribution in [3.8, 4) is 11.8 Å². The van der Waals surface area contributed by atoms with Crippen molar-refractivity contribution in [3.05, 3.63) is 83.9 Å². The van der Waals surface area contributed by atoms with Crippen molar-refractivity contribution in [1.29, 1.82) is 0 Å². The maximum absolute atomic E-state index is 9.33. The number of rotatable bonds is 7. The van der Waals surface area contributed by atoms with Crippen molar-refractivity contribution < 1.29 is 14.5 Å². The third-order valence-corrected chi connectivity index (χ3v) is 3.45. The summed E-state index contributed by atoms with van der Waals surface area (Å²) in [6.45, 7) is 0.797. The van der Waals surface area contributed by atoms with Crippen LogP contribution in [0, 0.1) is 0 Å². The highest BCUT2D eigenvalue weighted by molar-refractivity contribution is 6.46. The molecule has 1 heterocycles. The van der Waals surface area contributed by atoms with Gasteiger partial charge in [-0.05, 0) is 11.1 Å². The predicted octanol–water partition coefficient (Wildman–Crippen LogP) is 2.48. The first-order chi connectivity index (χ1) is 11.8. The van der Waals surface area contributed by atoms with Crippen LogP contribution in [0.4, 0.5) is 0 Å². The highest BCUT2D eigenvalue weighted by atomic mass is 16.5. The Bertz CT molecular complexity index is 766. The first-order valence-electron chi connectivity index (χ1n) is 7.67. The Kier molecular flexibility index (Phi) is 5.48. The van der Waals surface area contributed by atoms with Gasteiger partial charge in [0.2, 0.25) is 11.8 Å². The Balaban J connectivity index is 1.68. The van der Waals surface area contributed by atoms with Gasteiger partial charge >= 0.3 is 7.48 Å². The van der Waals surface area contributed by atoms with Crippen LogP contribution in [-0.4, -0.2) is 17.5 Å². The van der Waals surface area contributed by atoms with Crippen molar-refractivity contribution in [3.63, 3.8) is 0 Å². The summed E-state index contributed by atoms with van der Waals surface area (Å²) < 4.78 is 11.4. The lowest BCUT2D eigenvalue weighted by Crippen LogP contribution is -2.19. The molecular weight excluding hydrogens is 301 g/mol. The highest BCUT2D eigenvalue weighted by Crippen LogP contribution is 2.15. The second-order valence-corrected chi connectivity index (χ2v) is 5.22. The van der Waals surface area contributed by atoms with Gasteiger partial charge in [0.1, 0.15) is 13.2 Å². The van der Waals surface area contributed by atoms with E-state index in [9.17, 15) is 5.02 Å². The van der Waals surface area contributed by atoms with E-state index in [1.165, 1.54) is 0 Å². The molecule has 0 aliphatic heterocycles. The van der Waals surface area contributed by atoms with Crippen LogP contribution in [0.25, 0.3) is 0 Å². The van der Waals surface area contributed by atoms with E-state index >= 15 is 0 Å². The first kappa shape index (κ1) is 16.1. The maximum atomic E-state index is 9.33. The summed E-state index contributed by atoms with van der Waals surface area (Å²) in [5, 5.41) is 9.33. The molecule has 0 spiro atoms. The second kappa shape index (κ2) is 8.18. The molecule has 0 unspecified atom stereocenters. The van der Waals surface area contributed by atoms with Crippen molar-refractivity contribution in [1.82, 2.24) is 4.98 Å². The van der Waals surface area contributed by atoms with Crippen LogP contribution in [0.3, 0.4) is 0 Å². The van der Waals surface area contributed by atoms with Gasteiger partial charge in [-0.15, -0.1) is 0 Å². The molecule has 0 aliphatic carbocycles. The van der Waals surface area contributed by atoms with Gasteiger partial charge in [-0.2, -0.15) is 4.98 Å². The molecule has 0 bridgehead atoms. The zero-order valence-electron chi connectivity index (χ0n) is 13.1. The van der Waals surface area contributed by atoms with E-state index in [0.29, 0.717) is 30.4 Å². The largest absolute Gasteiger partial charge is 0.473 e. The zero-order chi connectivity index (χ0) is 16.6. The summed E-state index contributed by atoms with van der Waals surface area (Å²) in [6.07, 6.45) is 0. The van der Waals surface area contributed by atoms with Crippen molar-refractivity contribution in [2.75, 3.05) is 0 Å². The molecule has 0 saturated carbocycles. The van der Waals surface area contributed by atoms with E-state index in [2.05, 4.69) is 4.98 Å². The molecule has 3 rings (SSSR count). The van der Waals surface area contributed by atoms with Crippen LogP contribution in [0.5, 0.6) is 11.8 Å². The summed E-state index contributed by atoms with van der Waals surface area (Å²) in [5.74, 6) is 0.791. The van der Waals surface area contributed by atoms with Crippen LogP contribution in [0.15, 0.2) is 72.8 Å². The van der Waals surface area contributed by atoms with E-state index in [1.807, 2.05) is 60.7 Å². The monoisotopic (exact) mass is 318 g/mol. The topological polar surface area (TPSA) is 51.6 Å². The average molecular weight is 318 g/mol. The number of aromatic nitrogens is 1. The van der Waals surface area contributed by atoms with E-state index in [4.69, 9.17) is 9.47 Å². The number of nitrogens with zero attached hydrogens (tertiary/aromatic N) is 1. The molecule has 24 heavy (non-hydrogen) atoms. The molecule has 3 aromatic rings. The SMILES string of the molecule is O[B]c1ccc(OCc2ccccc2)nc1OCc1ccccc1. The van der Waals surface area contributed by atoms with Gasteiger partial charge in [-0.3, -0.25) is 0 Å². The molecule has 0 amide bonds. The van der Waals surface area contributed by atoms with Gasteiger partial charge in [-0.1, -0.05) is 66.7 Å². The fourth-order valence-corrected chi connectivity index (χ4v) is 2.19. The molecule has 1 N–H and O–H groups in total. The van der Waals surface area contributed by atoms with Crippen molar-refractivity contribution in [2.24, 2.45) is 0 Å². The van der Waals surface area contributed by atoms with Gasteiger partial charge in [0.05, 0.1) is 0 Å². The first-order valence-corrected chi connectivity index (χ1v) is 7.67. The summed E-state index contributed by atoms with van der Waals surface area (Å²) in [6, 6.07) is 23.1. The fourth-order valence-electron chi connectivity index (χ4n) is 2.19. The molecule has 0 saturated heterocycles. The molecule has 0 aliphatic rings. The Morgan fingerprint density at radius 3 is 1.92 bits per heavy atom. The molecular formula is C19H17BNO3. The number of hydrogen-bond donors (Lipinski definition) is 1. The molecule has 4 nitrogen and oxygen atoms in total. The van der Waals surface area contributed by atoms with Gasteiger partial charge in [-0.25, -0.2) is 0 Å². The van der Waals surface area contributed by atoms with Gasteiger partial charge in [0.15, 0.2) is 0 Å². The van der Waals surface area contributed by atoms with Crippen molar-refractivity contribution in [2.45, 2.75) is 13.2 Å². The molecule has 0 atom stereocenters. The van der Waals surface area contributed by atoms with Crippen LogP contribution in [0.2, 0.25) is 0 Å². The summed E-state index contributed by atoms with van der Waals surface area (Å²) in [4.78, 5) is 4.34. The van der Waals surface area contributed by atoms with Gasteiger partial charge < -0.3 is 14.5 Å². The quantitative estimate of drug-likeness (QED) is 0.680. The van der Waals surface area contributed by atoms with Crippen LogP contribution >= 0.6 is 0 Å². The van der Waals surface area contributed by atoms with Crippen LogP contribution < -0.4 is 14.9 Å². The standard InChI is InChI=1S/C19H17BNO3/c22-20-17-11-12-18(23-13-15-7-3-1-4-8-15)21-19(17)24-14-16-9-5-2-6-10-16/h1-12,22H,13-14H2. The van der Waals surface area contributed by atoms with E-state index < -0.39 is 0 Å². The molecule has 1 radical (unpaired) electrons. The van der Waals surface area contributed by atoms with Crippen molar-refractivity contribution >= 4 is 12.9 Å². The van der Waals surface area contributed by atoms with Gasteiger partial charge in [0.25, 0.3) is 0 Å². The lowest BCUT2D eigenvalue weighted by molar-refractivity contribution is 0.269. The van der Waals surface area contributed by atoms with E-state index in [1.54, 1.807) is 12.1 Å². The summed E-state index contributed by atoms with van der Waals surface area (Å²) in [7, 11) is 0.980. The molecule has 5 heteroatoms. The number of ether oxygens (including phenoxy) is 2. The molecule has 119 valence electrons. The molecule has 2 aromatic carbocycles. The third-order valence-electron chi connectivity index (χ3n) is 3.45. The van der Waals surface area contributed by atoms with Gasteiger partial charge in [0, 0.05) is 11.5 Å². The summed E-state index contributed by atoms with van der Waals surface area (Å²) in [5.41, 5.74) is 2.60. The van der Waals surface area contributed by atoms with E-state index in [0.717, 1.165) is 18.6 Å². The maximum Gasteiger partial charge on any atom is 0.332 e. The Hall–Kier alpha value is -2.79. The lowest BCUT2D eigenvalue weighted by atomic mass is 9.90. The second-order valence-electron chi connectivity index (χ2n) is 5.22. The minimum absolute atomic E-state index is 0.340. The number of pyridine rings is 1. The molecule has 0 fully saturated rings. The average Bonchev–Trinajstić information content (AvgIpc) is 2.66. The highest BCUT2D eigenvalue weighted by Gasteiger charge is 2.09. The lowest BCUT2D eigenvalue weighted by Gasteiger charge is -2.11. The minimum atomic E-state index is 0.340. The van der Waals surface area contributed by atoms with Crippen LogP contribution in [-0.2, 0) is 13.2 Å². The minimum Gasteiger partial charge on any atom is -0.473 e. The Morgan fingerprint density at radius 1 is 0.750 bits per heavy atom. The predicted molar refractivity (Wildman–Crippen MR) is 93.4 cm³/mol. The normalized spacial score (nSPS) is 10.2. The molecule has 1 aromatic heterocycles. The fraction of sp³-hybridized carbons (Fsp3) is 0.105. The smallest absolute Gasteiger partial charge is 0.332 e. The Morgan fingerprint density at radius 2 is 1.33 bits per heavy atom.